The van der Waals surface area contributed by atoms with Crippen LogP contribution in [0, 0.1) is 0 Å². The van der Waals surface area contributed by atoms with E-state index in [4.69, 9.17) is 8.83 Å². The maximum absolute atomic E-state index is 7.33. The number of fused-ring (bicyclic) bond motifs is 16. The molecule has 0 bridgehead atoms. The molecule has 332 valence electrons. The van der Waals surface area contributed by atoms with Crippen LogP contribution in [0.25, 0.3) is 93.6 Å². The maximum Gasteiger partial charge on any atom is 0.198 e. The molecule has 1 N–H and O–H groups in total. The second kappa shape index (κ2) is 13.2. The minimum atomic E-state index is -0.143. The Morgan fingerprint density at radius 3 is 1.99 bits per heavy atom. The Bertz CT molecular complexity index is 4030. The van der Waals surface area contributed by atoms with Crippen molar-refractivity contribution in [3.8, 4) is 27.9 Å². The van der Waals surface area contributed by atoms with Gasteiger partial charge in [0.2, 0.25) is 0 Å². The second-order valence-electron chi connectivity index (χ2n) is 23.2. The molecule has 4 heterocycles. The predicted octanol–water partition coefficient (Wildman–Crippen LogP) is 15.6. The average molecular weight is 883 g/mol. The molecule has 5 heteroatoms. The fraction of sp³-hybridized carbons (Fsp3) is 0.238. The summed E-state index contributed by atoms with van der Waals surface area (Å²) in [7, 11) is 0.761. The Morgan fingerprint density at radius 2 is 1.24 bits per heavy atom. The lowest BCUT2D eigenvalue weighted by atomic mass is 9.58. The molecule has 11 aromatic rings. The van der Waals surface area contributed by atoms with Crippen molar-refractivity contribution in [2.24, 2.45) is 0 Å². The van der Waals surface area contributed by atoms with E-state index in [2.05, 4.69) is 206 Å². The van der Waals surface area contributed by atoms with Gasteiger partial charge in [-0.1, -0.05) is 147 Å². The van der Waals surface area contributed by atoms with Crippen molar-refractivity contribution < 1.29 is 8.83 Å². The standard InChI is InChI=1S/C63H55BN2O2/c1-60(2,3)34-22-24-35(25-23-34)65-48-30-40-37-17-11-14-20-51(37)67-53(40)31-41(48)54-55-38-18-12-15-21-52(38)68-59(55)56-42-28-45-46(62(6,7)27-26-61(45,4)5)33-49(42)66-50-32-44-39(29-47(50)64-57(54)58(56)66)36-16-10-13-19-43(36)63(44,8)9/h10-25,28-33,64-65H,26-27H2,1-9H3. The van der Waals surface area contributed by atoms with Crippen LogP contribution < -0.4 is 16.2 Å². The quantitative estimate of drug-likeness (QED) is 0.180. The van der Waals surface area contributed by atoms with Crippen LogP contribution in [0.15, 0.2) is 142 Å². The summed E-state index contributed by atoms with van der Waals surface area (Å²) in [6, 6.07) is 50.1. The van der Waals surface area contributed by atoms with Gasteiger partial charge in [0.1, 0.15) is 22.3 Å². The SMILES string of the molecule is CC(C)(C)c1ccc(Nc2cc3c(cc2-c2c4c5c(c6cc7c(cc6n5-c5cc6c(cc5B4)-c4ccccc4C6(C)C)C(C)(C)CCC7(C)C)c4oc5ccccc5c24)oc2ccccc23)cc1. The Kier molecular flexibility index (Phi) is 7.77. The molecule has 3 aliphatic rings. The summed E-state index contributed by atoms with van der Waals surface area (Å²) in [6.07, 6.45) is 2.30. The molecule has 0 spiro atoms. The minimum absolute atomic E-state index is 0.0329. The number of rotatable bonds is 3. The molecule has 0 radical (unpaired) electrons. The third-order valence-electron chi connectivity index (χ3n) is 16.8. The van der Waals surface area contributed by atoms with E-state index in [1.54, 1.807) is 0 Å². The fourth-order valence-electron chi connectivity index (χ4n) is 12.9. The summed E-state index contributed by atoms with van der Waals surface area (Å²) >= 11 is 0. The molecule has 1 aliphatic heterocycles. The number of para-hydroxylation sites is 2. The second-order valence-corrected chi connectivity index (χ2v) is 23.2. The summed E-state index contributed by atoms with van der Waals surface area (Å²) in [4.78, 5) is 0. The highest BCUT2D eigenvalue weighted by Crippen LogP contribution is 2.54. The van der Waals surface area contributed by atoms with E-state index in [0.717, 1.165) is 80.9 Å². The molecule has 4 nitrogen and oxygen atoms in total. The van der Waals surface area contributed by atoms with Crippen molar-refractivity contribution in [3.63, 3.8) is 0 Å². The van der Waals surface area contributed by atoms with Crippen molar-refractivity contribution in [2.75, 3.05) is 5.32 Å². The van der Waals surface area contributed by atoms with Crippen LogP contribution in [0.3, 0.4) is 0 Å². The predicted molar refractivity (Wildman–Crippen MR) is 288 cm³/mol. The normalized spacial score (nSPS) is 16.4. The molecule has 8 aromatic carbocycles. The van der Waals surface area contributed by atoms with Crippen molar-refractivity contribution in [3.05, 3.63) is 161 Å². The van der Waals surface area contributed by atoms with Gasteiger partial charge < -0.3 is 18.7 Å². The van der Waals surface area contributed by atoms with Crippen molar-refractivity contribution in [1.29, 1.82) is 0 Å². The first kappa shape index (κ1) is 40.1. The smallest absolute Gasteiger partial charge is 0.198 e. The number of aromatic nitrogens is 1. The molecular formula is C63H55BN2O2. The average Bonchev–Trinajstić information content (AvgIpc) is 4.04. The zero-order valence-corrected chi connectivity index (χ0v) is 40.6. The van der Waals surface area contributed by atoms with Crippen LogP contribution in [0.5, 0.6) is 0 Å². The van der Waals surface area contributed by atoms with E-state index in [-0.39, 0.29) is 21.7 Å². The fourth-order valence-corrected chi connectivity index (χ4v) is 12.9. The highest BCUT2D eigenvalue weighted by atomic mass is 16.3. The summed E-state index contributed by atoms with van der Waals surface area (Å²) in [5.41, 5.74) is 24.0. The molecule has 0 fully saturated rings. The molecule has 0 amide bonds. The van der Waals surface area contributed by atoms with E-state index in [1.165, 1.54) is 82.9 Å². The zero-order valence-electron chi connectivity index (χ0n) is 40.6. The van der Waals surface area contributed by atoms with E-state index in [1.807, 2.05) is 0 Å². The zero-order chi connectivity index (χ0) is 46.4. The number of hydrogen-bond donors (Lipinski definition) is 1. The first-order valence-electron chi connectivity index (χ1n) is 24.7. The topological polar surface area (TPSA) is 43.2 Å². The van der Waals surface area contributed by atoms with Crippen LogP contribution in [0.2, 0.25) is 0 Å². The van der Waals surface area contributed by atoms with Crippen molar-refractivity contribution in [1.82, 2.24) is 4.57 Å². The van der Waals surface area contributed by atoms with E-state index >= 15 is 0 Å². The van der Waals surface area contributed by atoms with Crippen LogP contribution in [-0.2, 0) is 21.7 Å². The van der Waals surface area contributed by atoms with Gasteiger partial charge in [-0.25, -0.2) is 0 Å². The lowest BCUT2D eigenvalue weighted by Crippen LogP contribution is -2.38. The van der Waals surface area contributed by atoms with E-state index in [9.17, 15) is 0 Å². The number of nitrogens with one attached hydrogen (secondary N) is 1. The van der Waals surface area contributed by atoms with Crippen LogP contribution in [0.1, 0.15) is 103 Å². The third kappa shape index (κ3) is 5.33. The Morgan fingerprint density at radius 1 is 0.559 bits per heavy atom. The molecule has 14 rings (SSSR count). The number of benzene rings is 8. The Balaban J connectivity index is 1.16. The summed E-state index contributed by atoms with van der Waals surface area (Å²) < 4.78 is 16.8. The maximum atomic E-state index is 7.33. The van der Waals surface area contributed by atoms with Crippen LogP contribution in [0.4, 0.5) is 11.4 Å². The highest BCUT2D eigenvalue weighted by molar-refractivity contribution is 6.74. The molecule has 0 saturated heterocycles. The van der Waals surface area contributed by atoms with Gasteiger partial charge in [-0.05, 0) is 134 Å². The van der Waals surface area contributed by atoms with Gasteiger partial charge in [-0.3, -0.25) is 0 Å². The molecule has 0 atom stereocenters. The third-order valence-corrected chi connectivity index (χ3v) is 16.8. The molecule has 3 aromatic heterocycles. The lowest BCUT2D eigenvalue weighted by molar-refractivity contribution is 0.332. The number of hydrogen-bond acceptors (Lipinski definition) is 3. The first-order chi connectivity index (χ1) is 32.6. The van der Waals surface area contributed by atoms with Gasteiger partial charge >= 0.3 is 0 Å². The largest absolute Gasteiger partial charge is 0.456 e. The number of nitrogens with zero attached hydrogens (tertiary/aromatic N) is 1. The van der Waals surface area contributed by atoms with E-state index in [0.29, 0.717) is 0 Å². The van der Waals surface area contributed by atoms with Crippen molar-refractivity contribution in [2.45, 2.75) is 96.8 Å². The van der Waals surface area contributed by atoms with Gasteiger partial charge in [0, 0.05) is 55.0 Å². The molecule has 0 saturated carbocycles. The molecule has 68 heavy (non-hydrogen) atoms. The summed E-state index contributed by atoms with van der Waals surface area (Å²) in [5.74, 6) is 0. The monoisotopic (exact) mass is 882 g/mol. The Hall–Kier alpha value is -6.98. The van der Waals surface area contributed by atoms with Gasteiger partial charge in [0.15, 0.2) is 7.28 Å². The Labute approximate surface area is 398 Å². The van der Waals surface area contributed by atoms with Crippen molar-refractivity contribution >= 4 is 95.3 Å². The van der Waals surface area contributed by atoms with Gasteiger partial charge in [-0.2, -0.15) is 0 Å². The molecule has 0 unspecified atom stereocenters. The minimum Gasteiger partial charge on any atom is -0.456 e. The van der Waals surface area contributed by atoms with Crippen LogP contribution >= 0.6 is 0 Å². The summed E-state index contributed by atoms with van der Waals surface area (Å²) in [6.45, 7) is 21.4. The number of furan rings is 2. The number of anilines is 2. The van der Waals surface area contributed by atoms with Gasteiger partial charge in [0.05, 0.1) is 16.4 Å². The highest BCUT2D eigenvalue weighted by Gasteiger charge is 2.41. The summed E-state index contributed by atoms with van der Waals surface area (Å²) in [5, 5.41) is 11.0. The van der Waals surface area contributed by atoms with Gasteiger partial charge in [0.25, 0.3) is 0 Å². The first-order valence-corrected chi connectivity index (χ1v) is 24.7. The lowest BCUT2D eigenvalue weighted by Gasteiger charge is -2.42. The van der Waals surface area contributed by atoms with E-state index < -0.39 is 0 Å². The molecular weight excluding hydrogens is 828 g/mol. The molecule has 2 aliphatic carbocycles. The van der Waals surface area contributed by atoms with Gasteiger partial charge in [-0.15, -0.1) is 0 Å². The van der Waals surface area contributed by atoms with Crippen LogP contribution in [-0.4, -0.2) is 11.8 Å².